The summed E-state index contributed by atoms with van der Waals surface area (Å²) in [6.45, 7) is 2.33. The molecule has 2 aromatic carbocycles. The Morgan fingerprint density at radius 3 is 2.39 bits per heavy atom. The molecule has 0 radical (unpaired) electrons. The number of carbonyl (C=O) groups excluding carboxylic acids is 1. The van der Waals surface area contributed by atoms with Crippen LogP contribution < -0.4 is 15.2 Å². The number of carbonyl (C=O) groups is 1. The normalized spacial score (nSPS) is 11.2. The molecular weight excluding hydrogens is 389 g/mol. The number of nitrogens with zero attached hydrogens (tertiary/aromatic N) is 2. The number of benzene rings is 2. The molecule has 0 saturated carbocycles. The van der Waals surface area contributed by atoms with Gasteiger partial charge in [-0.3, -0.25) is 0 Å². The Balaban J connectivity index is 1.82. The molecular formula is C18H16FN3O5S. The molecule has 0 aliphatic carbocycles. The first-order valence-corrected chi connectivity index (χ1v) is 9.57. The Labute approximate surface area is 160 Å². The van der Waals surface area contributed by atoms with Crippen LogP contribution in [0.5, 0.6) is 11.6 Å². The molecule has 0 spiro atoms. The third-order valence-electron chi connectivity index (χ3n) is 3.62. The molecule has 0 aliphatic heterocycles. The summed E-state index contributed by atoms with van der Waals surface area (Å²) < 4.78 is 49.1. The fourth-order valence-electron chi connectivity index (χ4n) is 2.31. The number of ether oxygens (including phenoxy) is 2. The van der Waals surface area contributed by atoms with E-state index in [1.54, 1.807) is 12.1 Å². The zero-order chi connectivity index (χ0) is 20.3. The number of rotatable bonds is 6. The van der Waals surface area contributed by atoms with E-state index >= 15 is 0 Å². The fraction of sp³-hybridized carbons (Fsp3) is 0.111. The van der Waals surface area contributed by atoms with E-state index in [-0.39, 0.29) is 22.2 Å². The number of halogens is 1. The van der Waals surface area contributed by atoms with Crippen molar-refractivity contribution in [1.29, 1.82) is 0 Å². The topological polar surface area (TPSA) is 114 Å². The molecule has 1 heterocycles. The minimum Gasteiger partial charge on any atom is -0.494 e. The minimum absolute atomic E-state index is 0.215. The Morgan fingerprint density at radius 2 is 1.79 bits per heavy atom. The van der Waals surface area contributed by atoms with Crippen LogP contribution in [0.3, 0.4) is 0 Å². The van der Waals surface area contributed by atoms with Crippen LogP contribution in [0.1, 0.15) is 17.3 Å². The number of aromatic nitrogens is 2. The first kappa shape index (κ1) is 19.4. The van der Waals surface area contributed by atoms with Crippen LogP contribution >= 0.6 is 0 Å². The molecule has 3 aromatic rings. The third-order valence-corrected chi connectivity index (χ3v) is 5.23. The van der Waals surface area contributed by atoms with Crippen molar-refractivity contribution in [2.24, 2.45) is 0 Å². The molecule has 3 rings (SSSR count). The molecule has 0 fully saturated rings. The molecule has 1 aromatic heterocycles. The summed E-state index contributed by atoms with van der Waals surface area (Å²) in [6.07, 6.45) is 0. The highest BCUT2D eigenvalue weighted by molar-refractivity contribution is 7.90. The van der Waals surface area contributed by atoms with Crippen molar-refractivity contribution in [3.8, 4) is 11.6 Å². The van der Waals surface area contributed by atoms with Gasteiger partial charge in [-0.05, 0) is 55.5 Å². The maximum Gasteiger partial charge on any atom is 0.344 e. The molecule has 0 bridgehead atoms. The minimum atomic E-state index is -4.17. The first-order chi connectivity index (χ1) is 13.3. The highest BCUT2D eigenvalue weighted by Gasteiger charge is 2.23. The van der Waals surface area contributed by atoms with Gasteiger partial charge in [0.15, 0.2) is 0 Å². The van der Waals surface area contributed by atoms with E-state index in [1.807, 2.05) is 6.92 Å². The van der Waals surface area contributed by atoms with E-state index in [2.05, 4.69) is 5.10 Å². The summed E-state index contributed by atoms with van der Waals surface area (Å²) in [5, 5.41) is 3.73. The summed E-state index contributed by atoms with van der Waals surface area (Å²) >= 11 is 0. The van der Waals surface area contributed by atoms with Gasteiger partial charge < -0.3 is 15.2 Å². The van der Waals surface area contributed by atoms with Crippen LogP contribution in [-0.4, -0.2) is 30.2 Å². The molecule has 2 N–H and O–H groups in total. The predicted molar refractivity (Wildman–Crippen MR) is 98.2 cm³/mol. The molecule has 0 aliphatic rings. The maximum atomic E-state index is 13.0. The van der Waals surface area contributed by atoms with Crippen molar-refractivity contribution in [3.05, 3.63) is 66.0 Å². The van der Waals surface area contributed by atoms with Gasteiger partial charge in [-0.25, -0.2) is 9.18 Å². The zero-order valence-electron chi connectivity index (χ0n) is 14.7. The summed E-state index contributed by atoms with van der Waals surface area (Å²) in [5.41, 5.74) is 5.92. The van der Waals surface area contributed by atoms with Gasteiger partial charge in [0.1, 0.15) is 17.4 Å². The van der Waals surface area contributed by atoms with Crippen LogP contribution in [-0.2, 0) is 10.0 Å². The lowest BCUT2D eigenvalue weighted by Crippen LogP contribution is -2.17. The van der Waals surface area contributed by atoms with Gasteiger partial charge in [0, 0.05) is 6.07 Å². The second-order valence-corrected chi connectivity index (χ2v) is 7.32. The van der Waals surface area contributed by atoms with Crippen molar-refractivity contribution < 1.29 is 27.1 Å². The second-order valence-electron chi connectivity index (χ2n) is 5.56. The maximum absolute atomic E-state index is 13.0. The Morgan fingerprint density at radius 1 is 1.14 bits per heavy atom. The molecule has 28 heavy (non-hydrogen) atoms. The monoisotopic (exact) mass is 405 g/mol. The van der Waals surface area contributed by atoms with Gasteiger partial charge in [-0.2, -0.15) is 8.42 Å². The number of nitrogens with two attached hydrogens (primary N) is 1. The molecule has 0 atom stereocenters. The van der Waals surface area contributed by atoms with Gasteiger partial charge in [-0.15, -0.1) is 9.19 Å². The van der Waals surface area contributed by atoms with Crippen LogP contribution in [0, 0.1) is 5.82 Å². The van der Waals surface area contributed by atoms with E-state index in [9.17, 15) is 17.6 Å². The largest absolute Gasteiger partial charge is 0.494 e. The average molecular weight is 405 g/mol. The summed E-state index contributed by atoms with van der Waals surface area (Å²) in [4.78, 5) is 12.0. The standard InChI is InChI=1S/C18H16FN3O5S/c1-2-26-14-7-3-12(4-8-14)18(23)27-17-11-16(20)22(21-17)28(24,25)15-9-5-13(19)6-10-15/h3-11H,2,20H2,1H3. The molecule has 0 amide bonds. The molecule has 10 heteroatoms. The Bertz CT molecular complexity index is 1090. The second kappa shape index (κ2) is 7.69. The molecule has 146 valence electrons. The van der Waals surface area contributed by atoms with E-state index in [0.29, 0.717) is 16.4 Å². The third kappa shape index (κ3) is 3.96. The predicted octanol–water partition coefficient (Wildman–Crippen LogP) is 2.46. The van der Waals surface area contributed by atoms with Crippen LogP contribution in [0.25, 0.3) is 0 Å². The van der Waals surface area contributed by atoms with Crippen molar-refractivity contribution in [3.63, 3.8) is 0 Å². The molecule has 0 unspecified atom stereocenters. The van der Waals surface area contributed by atoms with Crippen molar-refractivity contribution >= 4 is 21.8 Å². The molecule has 0 saturated heterocycles. The van der Waals surface area contributed by atoms with Gasteiger partial charge in [0.25, 0.3) is 10.0 Å². The van der Waals surface area contributed by atoms with Crippen LogP contribution in [0.2, 0.25) is 0 Å². The number of esters is 1. The van der Waals surface area contributed by atoms with E-state index in [4.69, 9.17) is 15.2 Å². The van der Waals surface area contributed by atoms with Crippen LogP contribution in [0.15, 0.2) is 59.5 Å². The lowest BCUT2D eigenvalue weighted by atomic mass is 10.2. The zero-order valence-corrected chi connectivity index (χ0v) is 15.5. The lowest BCUT2D eigenvalue weighted by Gasteiger charge is -2.06. The summed E-state index contributed by atoms with van der Waals surface area (Å²) in [6, 6.07) is 11.5. The summed E-state index contributed by atoms with van der Waals surface area (Å²) in [5.74, 6) is -1.29. The van der Waals surface area contributed by atoms with E-state index < -0.39 is 21.8 Å². The Kier molecular flexibility index (Phi) is 5.32. The fourth-order valence-corrected chi connectivity index (χ4v) is 3.51. The number of hydrogen-bond acceptors (Lipinski definition) is 7. The SMILES string of the molecule is CCOc1ccc(C(=O)Oc2cc(N)n(S(=O)(=O)c3ccc(F)cc3)n2)cc1. The smallest absolute Gasteiger partial charge is 0.344 e. The van der Waals surface area contributed by atoms with E-state index in [1.165, 1.54) is 12.1 Å². The highest BCUT2D eigenvalue weighted by atomic mass is 32.2. The first-order valence-electron chi connectivity index (χ1n) is 8.13. The van der Waals surface area contributed by atoms with Crippen LogP contribution in [0.4, 0.5) is 10.2 Å². The number of hydrogen-bond donors (Lipinski definition) is 1. The van der Waals surface area contributed by atoms with Gasteiger partial charge >= 0.3 is 5.97 Å². The number of anilines is 1. The number of nitrogen functional groups attached to an aromatic ring is 1. The Hall–Kier alpha value is -3.40. The molecule has 8 nitrogen and oxygen atoms in total. The van der Waals surface area contributed by atoms with Crippen molar-refractivity contribution in [1.82, 2.24) is 9.19 Å². The highest BCUT2D eigenvalue weighted by Crippen LogP contribution is 2.22. The summed E-state index contributed by atoms with van der Waals surface area (Å²) in [7, 11) is -4.17. The lowest BCUT2D eigenvalue weighted by molar-refractivity contribution is 0.0727. The van der Waals surface area contributed by atoms with Gasteiger partial charge in [0.2, 0.25) is 5.88 Å². The van der Waals surface area contributed by atoms with Gasteiger partial charge in [-0.1, -0.05) is 0 Å². The van der Waals surface area contributed by atoms with Gasteiger partial charge in [0.05, 0.1) is 17.1 Å². The quantitative estimate of drug-likeness (QED) is 0.627. The average Bonchev–Trinajstić information content (AvgIpc) is 3.04. The van der Waals surface area contributed by atoms with E-state index in [0.717, 1.165) is 30.3 Å². The van der Waals surface area contributed by atoms with Crippen molar-refractivity contribution in [2.45, 2.75) is 11.8 Å². The van der Waals surface area contributed by atoms with Crippen molar-refractivity contribution in [2.75, 3.05) is 12.3 Å².